The Bertz CT molecular complexity index is 1040. The molecule has 0 radical (unpaired) electrons. The highest BCUT2D eigenvalue weighted by molar-refractivity contribution is 7.89. The van der Waals surface area contributed by atoms with E-state index in [1.165, 1.54) is 22.6 Å². The van der Waals surface area contributed by atoms with E-state index >= 15 is 0 Å². The fourth-order valence-corrected chi connectivity index (χ4v) is 5.44. The highest BCUT2D eigenvalue weighted by Gasteiger charge is 2.34. The lowest BCUT2D eigenvalue weighted by molar-refractivity contribution is -0.136. The van der Waals surface area contributed by atoms with Crippen LogP contribution in [0.1, 0.15) is 24.0 Å². The first-order valence-corrected chi connectivity index (χ1v) is 11.5. The number of pyridine rings is 1. The monoisotopic (exact) mass is 445 g/mol. The van der Waals surface area contributed by atoms with Crippen LogP contribution >= 0.6 is 11.6 Å². The summed E-state index contributed by atoms with van der Waals surface area (Å²) in [4.78, 5) is 18.6. The summed E-state index contributed by atoms with van der Waals surface area (Å²) in [6, 6.07) is 11.0. The van der Waals surface area contributed by atoms with E-state index in [0.717, 1.165) is 11.1 Å². The van der Waals surface area contributed by atoms with Crippen molar-refractivity contribution in [2.75, 3.05) is 19.6 Å². The number of amides is 1. The van der Waals surface area contributed by atoms with E-state index in [0.29, 0.717) is 19.4 Å². The maximum atomic E-state index is 13.1. The van der Waals surface area contributed by atoms with Gasteiger partial charge in [-0.1, -0.05) is 47.4 Å². The third-order valence-corrected chi connectivity index (χ3v) is 7.58. The summed E-state index contributed by atoms with van der Waals surface area (Å²) in [7, 11) is -3.74. The normalized spacial score (nSPS) is 15.5. The van der Waals surface area contributed by atoms with E-state index in [1.54, 1.807) is 4.90 Å². The Morgan fingerprint density at radius 3 is 2.53 bits per heavy atom. The molecule has 2 aromatic rings. The fourth-order valence-electron chi connectivity index (χ4n) is 3.54. The van der Waals surface area contributed by atoms with Crippen molar-refractivity contribution in [2.45, 2.75) is 31.2 Å². The van der Waals surface area contributed by atoms with Gasteiger partial charge in [-0.2, -0.15) is 4.31 Å². The van der Waals surface area contributed by atoms with E-state index in [9.17, 15) is 13.2 Å². The van der Waals surface area contributed by atoms with Gasteiger partial charge >= 0.3 is 0 Å². The second-order valence-electron chi connectivity index (χ2n) is 7.35. The molecule has 1 amide bonds. The number of benzene rings is 1. The Kier molecular flexibility index (Phi) is 7.14. The fraction of sp³-hybridized carbons (Fsp3) is 0.364. The second-order valence-corrected chi connectivity index (χ2v) is 9.62. The minimum atomic E-state index is -3.74. The van der Waals surface area contributed by atoms with Crippen molar-refractivity contribution in [3.63, 3.8) is 0 Å². The van der Waals surface area contributed by atoms with Gasteiger partial charge in [0, 0.05) is 31.7 Å². The summed E-state index contributed by atoms with van der Waals surface area (Å²) in [6.45, 7) is 3.16. The summed E-state index contributed by atoms with van der Waals surface area (Å²) < 4.78 is 27.1. The number of sulfonamides is 1. The molecule has 0 atom stereocenters. The third-order valence-electron chi connectivity index (χ3n) is 5.23. The van der Waals surface area contributed by atoms with E-state index in [-0.39, 0.29) is 41.5 Å². The van der Waals surface area contributed by atoms with Crippen LogP contribution in [0.15, 0.2) is 47.5 Å². The number of rotatable bonds is 6. The number of hydrogen-bond acceptors (Lipinski definition) is 4. The maximum Gasteiger partial charge on any atom is 0.246 e. The summed E-state index contributed by atoms with van der Waals surface area (Å²) in [6.07, 6.45) is 7.80. The molecule has 1 aromatic carbocycles. The molecule has 1 aliphatic rings. The SMILES string of the molecule is C#CCN(Cc1ccc(C)cc1)C(=O)C1CCN(S(=O)(=O)c2cccnc2Cl)CC1. The standard InChI is InChI=1S/C22H24ClN3O3S/c1-3-13-25(16-18-8-6-17(2)7-9-18)22(27)19-10-14-26(15-11-19)30(28,29)20-5-4-12-24-21(20)23/h1,4-9,12,19H,10-11,13-16H2,2H3. The number of carbonyl (C=O) groups is 1. The summed E-state index contributed by atoms with van der Waals surface area (Å²) in [5.41, 5.74) is 2.16. The third kappa shape index (κ3) is 5.01. The van der Waals surface area contributed by atoms with Crippen LogP contribution in [0.4, 0.5) is 0 Å². The first kappa shape index (κ1) is 22.3. The molecule has 0 bridgehead atoms. The number of halogens is 1. The van der Waals surface area contributed by atoms with Crippen LogP contribution in [0, 0.1) is 25.2 Å². The molecule has 2 heterocycles. The van der Waals surface area contributed by atoms with Crippen molar-refractivity contribution >= 4 is 27.5 Å². The minimum Gasteiger partial charge on any atom is -0.327 e. The predicted octanol–water partition coefficient (Wildman–Crippen LogP) is 3.11. The molecule has 0 spiro atoms. The Labute approximate surface area is 182 Å². The Hall–Kier alpha value is -2.40. The van der Waals surface area contributed by atoms with Gasteiger partial charge in [-0.05, 0) is 37.5 Å². The zero-order valence-corrected chi connectivity index (χ0v) is 18.4. The van der Waals surface area contributed by atoms with Crippen LogP contribution < -0.4 is 0 Å². The molecule has 3 rings (SSSR count). The zero-order valence-electron chi connectivity index (χ0n) is 16.8. The van der Waals surface area contributed by atoms with Crippen molar-refractivity contribution in [3.8, 4) is 12.3 Å². The summed E-state index contributed by atoms with van der Waals surface area (Å²) in [5, 5.41) is -0.0472. The first-order valence-electron chi connectivity index (χ1n) is 9.71. The van der Waals surface area contributed by atoms with Gasteiger partial charge in [0.1, 0.15) is 10.0 Å². The first-order chi connectivity index (χ1) is 14.3. The Morgan fingerprint density at radius 2 is 1.93 bits per heavy atom. The second kappa shape index (κ2) is 9.61. The Morgan fingerprint density at radius 1 is 1.27 bits per heavy atom. The molecule has 1 fully saturated rings. The quantitative estimate of drug-likeness (QED) is 0.506. The van der Waals surface area contributed by atoms with E-state index < -0.39 is 10.0 Å². The van der Waals surface area contributed by atoms with Crippen LogP contribution in [0.25, 0.3) is 0 Å². The lowest BCUT2D eigenvalue weighted by Gasteiger charge is -2.33. The summed E-state index contributed by atoms with van der Waals surface area (Å²) >= 11 is 5.97. The van der Waals surface area contributed by atoms with Gasteiger partial charge < -0.3 is 4.90 Å². The van der Waals surface area contributed by atoms with Crippen LogP contribution in [0.3, 0.4) is 0 Å². The number of terminal acetylenes is 1. The molecule has 0 unspecified atom stereocenters. The molecular formula is C22H24ClN3O3S. The van der Waals surface area contributed by atoms with Gasteiger partial charge in [0.2, 0.25) is 15.9 Å². The molecule has 8 heteroatoms. The highest BCUT2D eigenvalue weighted by Crippen LogP contribution is 2.28. The number of hydrogen-bond donors (Lipinski definition) is 0. The lowest BCUT2D eigenvalue weighted by atomic mass is 9.96. The smallest absolute Gasteiger partial charge is 0.246 e. The Balaban J connectivity index is 1.66. The van der Waals surface area contributed by atoms with Crippen molar-refractivity contribution < 1.29 is 13.2 Å². The average molecular weight is 446 g/mol. The molecule has 158 valence electrons. The van der Waals surface area contributed by atoms with Gasteiger partial charge in [-0.25, -0.2) is 13.4 Å². The molecule has 1 aromatic heterocycles. The predicted molar refractivity (Wildman–Crippen MR) is 116 cm³/mol. The molecule has 6 nitrogen and oxygen atoms in total. The van der Waals surface area contributed by atoms with Gasteiger partial charge in [0.05, 0.1) is 6.54 Å². The number of aryl methyl sites for hydroxylation is 1. The van der Waals surface area contributed by atoms with Crippen molar-refractivity contribution in [1.82, 2.24) is 14.2 Å². The number of aromatic nitrogens is 1. The lowest BCUT2D eigenvalue weighted by Crippen LogP contribution is -2.44. The molecule has 30 heavy (non-hydrogen) atoms. The van der Waals surface area contributed by atoms with Crippen LogP contribution in [0.2, 0.25) is 5.15 Å². The topological polar surface area (TPSA) is 70.6 Å². The van der Waals surface area contributed by atoms with Crippen molar-refractivity contribution in [1.29, 1.82) is 0 Å². The largest absolute Gasteiger partial charge is 0.327 e. The molecule has 0 saturated carbocycles. The maximum absolute atomic E-state index is 13.1. The van der Waals surface area contributed by atoms with Crippen molar-refractivity contribution in [2.24, 2.45) is 5.92 Å². The van der Waals surface area contributed by atoms with Gasteiger partial charge in [0.25, 0.3) is 0 Å². The zero-order chi connectivity index (χ0) is 21.7. The number of carbonyl (C=O) groups excluding carboxylic acids is 1. The minimum absolute atomic E-state index is 0.00947. The molecule has 0 aliphatic carbocycles. The van der Waals surface area contributed by atoms with Crippen LogP contribution in [-0.4, -0.2) is 48.1 Å². The highest BCUT2D eigenvalue weighted by atomic mass is 35.5. The molecule has 1 aliphatic heterocycles. The van der Waals surface area contributed by atoms with Crippen molar-refractivity contribution in [3.05, 3.63) is 58.9 Å². The molecule has 0 N–H and O–H groups in total. The molecular weight excluding hydrogens is 422 g/mol. The number of nitrogens with zero attached hydrogens (tertiary/aromatic N) is 3. The van der Waals surface area contributed by atoms with Crippen LogP contribution in [-0.2, 0) is 21.4 Å². The molecule has 1 saturated heterocycles. The van der Waals surface area contributed by atoms with Crippen LogP contribution in [0.5, 0.6) is 0 Å². The van der Waals surface area contributed by atoms with Gasteiger partial charge in [-0.15, -0.1) is 6.42 Å². The van der Waals surface area contributed by atoms with Gasteiger partial charge in [-0.3, -0.25) is 4.79 Å². The summed E-state index contributed by atoms with van der Waals surface area (Å²) in [5.74, 6) is 2.26. The van der Waals surface area contributed by atoms with E-state index in [2.05, 4.69) is 10.9 Å². The van der Waals surface area contributed by atoms with Gasteiger partial charge in [0.15, 0.2) is 0 Å². The average Bonchev–Trinajstić information content (AvgIpc) is 2.75. The number of piperidine rings is 1. The van der Waals surface area contributed by atoms with E-state index in [1.807, 2.05) is 31.2 Å². The van der Waals surface area contributed by atoms with E-state index in [4.69, 9.17) is 18.0 Å².